The van der Waals surface area contributed by atoms with Gasteiger partial charge in [-0.25, -0.2) is 9.59 Å². The van der Waals surface area contributed by atoms with Crippen LogP contribution in [0.2, 0.25) is 0 Å². The molecule has 3 rings (SSSR count). The molecule has 0 aliphatic carbocycles. The van der Waals surface area contributed by atoms with Crippen LogP contribution in [0.5, 0.6) is 11.5 Å². The first-order valence-electron chi connectivity index (χ1n) is 12.1. The van der Waals surface area contributed by atoms with Crippen LogP contribution in [0.1, 0.15) is 24.8 Å². The molecule has 17 heteroatoms. The number of benzene rings is 1. The molecule has 0 aromatic heterocycles. The number of hydrogen-bond donors (Lipinski definition) is 6. The number of nitrogens with one attached hydrogen (secondary N) is 1. The van der Waals surface area contributed by atoms with Gasteiger partial charge in [0, 0.05) is 54.4 Å². The van der Waals surface area contributed by atoms with Crippen LogP contribution in [0, 0.1) is 0 Å². The van der Waals surface area contributed by atoms with Gasteiger partial charge in [-0.1, -0.05) is 6.07 Å². The molecule has 1 saturated heterocycles. The number of ether oxygens (including phenoxy) is 3. The zero-order chi connectivity index (χ0) is 30.5. The minimum absolute atomic E-state index is 0. The number of carbonyl (C=O) groups is 5. The van der Waals surface area contributed by atoms with E-state index < -0.39 is 64.9 Å². The summed E-state index contributed by atoms with van der Waals surface area (Å²) in [6, 6.07) is 2.67. The fraction of sp³-hybridized carbons (Fsp3) is 0.400. The van der Waals surface area contributed by atoms with Gasteiger partial charge in [-0.3, -0.25) is 19.3 Å². The smallest absolute Gasteiger partial charge is 0.373 e. The largest absolute Gasteiger partial charge is 0.504 e. The molecule has 3 atom stereocenters. The summed E-state index contributed by atoms with van der Waals surface area (Å²) in [5, 5.41) is 39.4. The quantitative estimate of drug-likeness (QED) is 0.0312. The Bertz CT molecular complexity index is 1320. The number of carbonyl (C=O) groups excluding carboxylic acids is 3. The van der Waals surface area contributed by atoms with Gasteiger partial charge in [0.15, 0.2) is 11.5 Å². The fourth-order valence-electron chi connectivity index (χ4n) is 4.14. The van der Waals surface area contributed by atoms with Gasteiger partial charge in [0.05, 0.1) is 7.11 Å². The summed E-state index contributed by atoms with van der Waals surface area (Å²) in [6.45, 7) is -0.498. The maximum atomic E-state index is 13.2. The minimum Gasteiger partial charge on any atom is -0.504 e. The van der Waals surface area contributed by atoms with E-state index in [4.69, 9.17) is 25.1 Å². The van der Waals surface area contributed by atoms with Gasteiger partial charge in [-0.2, -0.15) is 0 Å². The Balaban J connectivity index is 0.00000616. The van der Waals surface area contributed by atoms with E-state index in [0.29, 0.717) is 5.56 Å². The Morgan fingerprint density at radius 3 is 2.48 bits per heavy atom. The normalized spacial score (nSPS) is 20.5. The Kier molecular flexibility index (Phi) is 12.3. The van der Waals surface area contributed by atoms with Crippen molar-refractivity contribution in [2.45, 2.75) is 36.4 Å². The van der Waals surface area contributed by atoms with Gasteiger partial charge < -0.3 is 45.7 Å². The molecule has 1 aromatic carbocycles. The van der Waals surface area contributed by atoms with Crippen molar-refractivity contribution in [3.63, 3.8) is 0 Å². The van der Waals surface area contributed by atoms with Gasteiger partial charge in [0.25, 0.3) is 11.6 Å². The molecule has 1 fully saturated rings. The predicted molar refractivity (Wildman–Crippen MR) is 147 cm³/mol. The van der Waals surface area contributed by atoms with Crippen LogP contribution in [-0.4, -0.2) is 128 Å². The van der Waals surface area contributed by atoms with Crippen LogP contribution in [0.4, 0.5) is 0 Å². The number of β-lactam (4-membered cyclic amide) rings is 1. The number of nitrogens with two attached hydrogens (primary N) is 1. The van der Waals surface area contributed by atoms with Crippen molar-refractivity contribution >= 4 is 77.1 Å². The number of carboxylic acids is 2. The minimum atomic E-state index is -1.85. The van der Waals surface area contributed by atoms with Crippen molar-refractivity contribution < 1.29 is 58.6 Å². The van der Waals surface area contributed by atoms with Crippen LogP contribution in [0.15, 0.2) is 35.2 Å². The molecule has 2 heterocycles. The van der Waals surface area contributed by atoms with E-state index in [1.807, 2.05) is 0 Å². The number of esters is 1. The first kappa shape index (κ1) is 34.9. The van der Waals surface area contributed by atoms with Gasteiger partial charge >= 0.3 is 17.9 Å². The molecule has 0 saturated carbocycles. The van der Waals surface area contributed by atoms with Crippen molar-refractivity contribution in [1.29, 1.82) is 0 Å². The van der Waals surface area contributed by atoms with Crippen LogP contribution in [0.3, 0.4) is 0 Å². The summed E-state index contributed by atoms with van der Waals surface area (Å²) >= 11 is 1.08. The van der Waals surface area contributed by atoms with Gasteiger partial charge in [-0.15, -0.1) is 11.8 Å². The van der Waals surface area contributed by atoms with Crippen molar-refractivity contribution in [3.8, 4) is 11.5 Å². The zero-order valence-corrected chi connectivity index (χ0v) is 25.8. The number of hydrogen-bond acceptors (Lipinski definition) is 12. The van der Waals surface area contributed by atoms with Crippen LogP contribution in [-0.2, 0) is 38.2 Å². The molecular weight excluding hydrogens is 589 g/mol. The molecule has 0 spiro atoms. The summed E-state index contributed by atoms with van der Waals surface area (Å²) in [5.41, 5.74) is 3.58. The number of phenolic OH excluding ortho intramolecular Hbond substituents is 2. The third-order valence-electron chi connectivity index (χ3n) is 6.29. The number of rotatable bonds is 13. The molecular formula is C25H29N3NaO12S. The van der Waals surface area contributed by atoms with Crippen molar-refractivity contribution in [3.05, 3.63) is 40.8 Å². The van der Waals surface area contributed by atoms with E-state index in [0.717, 1.165) is 16.7 Å². The molecule has 2 aliphatic heterocycles. The molecule has 1 radical (unpaired) electrons. The summed E-state index contributed by atoms with van der Waals surface area (Å²) in [7, 11) is 2.39. The molecule has 2 amide bonds. The van der Waals surface area contributed by atoms with E-state index in [2.05, 4.69) is 5.32 Å². The van der Waals surface area contributed by atoms with E-state index in [-0.39, 0.29) is 71.7 Å². The topological polar surface area (TPSA) is 235 Å². The van der Waals surface area contributed by atoms with Crippen LogP contribution < -0.4 is 11.1 Å². The monoisotopic (exact) mass is 618 g/mol. The van der Waals surface area contributed by atoms with E-state index >= 15 is 0 Å². The maximum Gasteiger partial charge on any atom is 0.373 e. The summed E-state index contributed by atoms with van der Waals surface area (Å²) < 4.78 is 15.6. The molecule has 7 N–H and O–H groups in total. The summed E-state index contributed by atoms with van der Waals surface area (Å²) in [5.74, 6) is -6.13. The number of carboxylic acid groups (broad SMARTS) is 2. The van der Waals surface area contributed by atoms with Crippen molar-refractivity contribution in [2.75, 3.05) is 26.6 Å². The number of aromatic hydroxyl groups is 2. The predicted octanol–water partition coefficient (Wildman–Crippen LogP) is -0.458. The zero-order valence-electron chi connectivity index (χ0n) is 23.0. The number of methoxy groups -OCH3 is 2. The number of thioether (sulfide) groups is 1. The first-order chi connectivity index (χ1) is 19.4. The Labute approximate surface area is 265 Å². The second kappa shape index (κ2) is 14.8. The average molecular weight is 619 g/mol. The summed E-state index contributed by atoms with van der Waals surface area (Å²) in [6.07, 6.45) is 1.27. The number of fused-ring (bicyclic) bond motifs is 1. The molecule has 1 aromatic rings. The summed E-state index contributed by atoms with van der Waals surface area (Å²) in [4.78, 5) is 62.2. The van der Waals surface area contributed by atoms with Crippen molar-refractivity contribution in [1.82, 2.24) is 10.2 Å². The van der Waals surface area contributed by atoms with Crippen molar-refractivity contribution in [2.24, 2.45) is 5.73 Å². The van der Waals surface area contributed by atoms with Gasteiger partial charge in [0.2, 0.25) is 11.7 Å². The van der Waals surface area contributed by atoms with E-state index in [1.165, 1.54) is 38.5 Å². The second-order valence-corrected chi connectivity index (χ2v) is 10.0. The van der Waals surface area contributed by atoms with E-state index in [1.54, 1.807) is 0 Å². The van der Waals surface area contributed by atoms with Gasteiger partial charge in [-0.05, 0) is 36.6 Å². The van der Waals surface area contributed by atoms with E-state index in [9.17, 15) is 39.3 Å². The van der Waals surface area contributed by atoms with Crippen LogP contribution in [0.25, 0.3) is 6.08 Å². The molecule has 0 bridgehead atoms. The SMILES string of the molecule is CO/C(=C\c1ccc(O)c(O)c1)C(=O)OCC1=C(C(=O)O)N2C(=O)[C@](NC(=O)CCC[C@@H](N)C(=O)O)(OC)[C@H]2SC1.[Na]. The number of phenols is 2. The Morgan fingerprint density at radius 2 is 1.90 bits per heavy atom. The molecule has 42 heavy (non-hydrogen) atoms. The average Bonchev–Trinajstić information content (AvgIpc) is 2.94. The third-order valence-corrected chi connectivity index (χ3v) is 7.67. The second-order valence-electron chi connectivity index (χ2n) is 8.96. The molecule has 15 nitrogen and oxygen atoms in total. The Hall–Kier alpha value is -3.28. The number of amides is 2. The number of nitrogens with zero attached hydrogens (tertiary/aromatic N) is 1. The maximum absolute atomic E-state index is 13.2. The van der Waals surface area contributed by atoms with Gasteiger partial charge in [0.1, 0.15) is 23.7 Å². The fourth-order valence-corrected chi connectivity index (χ4v) is 5.56. The molecule has 223 valence electrons. The standard InChI is InChI=1S/C25H29N3O12S.Na/c1-38-17(9-12-6-7-15(29)16(30)8-12)22(36)40-10-13-11-41-24-25(39-2,23(37)28(24)19(13)21(34)35)27-18(31)5-3-4-14(26)20(32)33;/h6-9,14,24,29-30H,3-5,10-11,26H2,1-2H3,(H,27,31)(H,32,33)(H,34,35);/b17-9-;/t14-,24-,25+;/m1./s1. The van der Waals surface area contributed by atoms with Crippen LogP contribution >= 0.6 is 11.8 Å². The molecule has 2 aliphatic rings. The first-order valence-corrected chi connectivity index (χ1v) is 13.1. The molecule has 0 unspecified atom stereocenters. The number of aliphatic carboxylic acids is 2. The third kappa shape index (κ3) is 7.37. The Morgan fingerprint density at radius 1 is 1.21 bits per heavy atom.